The van der Waals surface area contributed by atoms with Gasteiger partial charge in [0.05, 0.1) is 28.4 Å². The largest absolute Gasteiger partial charge is 0.383 e. The van der Waals surface area contributed by atoms with E-state index in [0.29, 0.717) is 19.7 Å². The summed E-state index contributed by atoms with van der Waals surface area (Å²) in [7, 11) is 3.60. The van der Waals surface area contributed by atoms with Crippen LogP contribution in [-0.2, 0) is 9.53 Å². The Balaban J connectivity index is 1.83. The van der Waals surface area contributed by atoms with Crippen molar-refractivity contribution in [3.63, 3.8) is 0 Å². The zero-order valence-electron chi connectivity index (χ0n) is 14.2. The molecule has 0 aliphatic rings. The highest BCUT2D eigenvalue weighted by atomic mass is 32.1. The SMILES string of the molecule is COC[C@H](C)N(C)CC(=O)NC[C@@H](C)c1nc2ccccc2s1. The van der Waals surface area contributed by atoms with Crippen LogP contribution in [0.5, 0.6) is 0 Å². The molecule has 1 aromatic heterocycles. The molecule has 1 aromatic carbocycles. The molecule has 1 N–H and O–H groups in total. The van der Waals surface area contributed by atoms with E-state index in [0.717, 1.165) is 10.5 Å². The number of thiazole rings is 1. The van der Waals surface area contributed by atoms with E-state index in [9.17, 15) is 4.79 Å². The second-order valence-corrected chi connectivity index (χ2v) is 7.01. The summed E-state index contributed by atoms with van der Waals surface area (Å²) in [5, 5.41) is 4.06. The fourth-order valence-corrected chi connectivity index (χ4v) is 3.28. The van der Waals surface area contributed by atoms with Gasteiger partial charge in [0, 0.05) is 25.6 Å². The molecule has 1 amide bonds. The third-order valence-electron chi connectivity index (χ3n) is 3.89. The van der Waals surface area contributed by atoms with E-state index in [1.54, 1.807) is 18.4 Å². The summed E-state index contributed by atoms with van der Waals surface area (Å²) in [6.45, 7) is 5.73. The van der Waals surface area contributed by atoms with E-state index in [1.807, 2.05) is 37.1 Å². The summed E-state index contributed by atoms with van der Waals surface area (Å²) >= 11 is 1.69. The number of nitrogens with one attached hydrogen (secondary N) is 1. The normalized spacial score (nSPS) is 14.1. The Morgan fingerprint density at radius 2 is 2.13 bits per heavy atom. The number of aromatic nitrogens is 1. The van der Waals surface area contributed by atoms with Gasteiger partial charge in [0.25, 0.3) is 0 Å². The summed E-state index contributed by atoms with van der Waals surface area (Å²) in [6.07, 6.45) is 0. The second-order valence-electron chi connectivity index (χ2n) is 5.94. The molecule has 2 rings (SSSR count). The standard InChI is InChI=1S/C17H25N3O2S/c1-12(17-19-14-7-5-6-8-15(14)23-17)9-18-16(21)10-20(3)13(2)11-22-4/h5-8,12-13H,9-11H2,1-4H3,(H,18,21)/t12-,13+/m1/s1. The van der Waals surface area contributed by atoms with Crippen molar-refractivity contribution in [1.82, 2.24) is 15.2 Å². The van der Waals surface area contributed by atoms with Crippen LogP contribution in [0, 0.1) is 0 Å². The molecular weight excluding hydrogens is 310 g/mol. The lowest BCUT2D eigenvalue weighted by Gasteiger charge is -2.23. The Morgan fingerprint density at radius 1 is 1.39 bits per heavy atom. The molecule has 0 radical (unpaired) electrons. The molecule has 0 aliphatic heterocycles. The van der Waals surface area contributed by atoms with Gasteiger partial charge in [-0.05, 0) is 26.1 Å². The monoisotopic (exact) mass is 335 g/mol. The number of hydrogen-bond acceptors (Lipinski definition) is 5. The number of para-hydroxylation sites is 1. The molecule has 0 unspecified atom stereocenters. The van der Waals surface area contributed by atoms with E-state index in [2.05, 4.69) is 23.3 Å². The van der Waals surface area contributed by atoms with Crippen LogP contribution in [0.15, 0.2) is 24.3 Å². The van der Waals surface area contributed by atoms with Crippen LogP contribution < -0.4 is 5.32 Å². The minimum absolute atomic E-state index is 0.0309. The number of nitrogens with zero attached hydrogens (tertiary/aromatic N) is 2. The van der Waals surface area contributed by atoms with E-state index in [-0.39, 0.29) is 17.9 Å². The highest BCUT2D eigenvalue weighted by Gasteiger charge is 2.15. The summed E-state index contributed by atoms with van der Waals surface area (Å²) in [6, 6.07) is 8.33. The lowest BCUT2D eigenvalue weighted by Crippen LogP contribution is -2.41. The predicted octanol–water partition coefficient (Wildman–Crippen LogP) is 2.48. The number of amides is 1. The number of likely N-dealkylation sites (N-methyl/N-ethyl adjacent to an activating group) is 1. The van der Waals surface area contributed by atoms with Crippen LogP contribution in [0.1, 0.15) is 24.8 Å². The second kappa shape index (κ2) is 8.38. The van der Waals surface area contributed by atoms with Gasteiger partial charge in [-0.25, -0.2) is 4.98 Å². The van der Waals surface area contributed by atoms with E-state index >= 15 is 0 Å². The molecule has 23 heavy (non-hydrogen) atoms. The fraction of sp³-hybridized carbons (Fsp3) is 0.529. The van der Waals surface area contributed by atoms with Crippen LogP contribution in [0.3, 0.4) is 0 Å². The van der Waals surface area contributed by atoms with Crippen molar-refractivity contribution in [3.8, 4) is 0 Å². The first-order valence-electron chi connectivity index (χ1n) is 7.82. The zero-order chi connectivity index (χ0) is 16.8. The van der Waals surface area contributed by atoms with Crippen molar-refractivity contribution in [2.45, 2.75) is 25.8 Å². The van der Waals surface area contributed by atoms with Crippen LogP contribution >= 0.6 is 11.3 Å². The summed E-state index contributed by atoms with van der Waals surface area (Å²) < 4.78 is 6.30. The van der Waals surface area contributed by atoms with Crippen molar-refractivity contribution in [1.29, 1.82) is 0 Å². The molecule has 5 nitrogen and oxygen atoms in total. The molecule has 6 heteroatoms. The van der Waals surface area contributed by atoms with Gasteiger partial charge < -0.3 is 10.1 Å². The Bertz CT molecular complexity index is 611. The van der Waals surface area contributed by atoms with Crippen LogP contribution in [0.25, 0.3) is 10.2 Å². The molecule has 0 saturated heterocycles. The Kier molecular flexibility index (Phi) is 6.50. The molecule has 0 spiro atoms. The molecule has 0 bridgehead atoms. The maximum atomic E-state index is 12.1. The maximum absolute atomic E-state index is 12.1. The summed E-state index contributed by atoms with van der Waals surface area (Å²) in [4.78, 5) is 18.7. The number of carbonyl (C=O) groups excluding carboxylic acids is 1. The Hall–Kier alpha value is -1.50. The maximum Gasteiger partial charge on any atom is 0.234 e. The number of carbonyl (C=O) groups is 1. The van der Waals surface area contributed by atoms with Gasteiger partial charge in [-0.15, -0.1) is 11.3 Å². The third kappa shape index (κ3) is 4.99. The molecule has 0 saturated carbocycles. The first-order valence-corrected chi connectivity index (χ1v) is 8.64. The average Bonchev–Trinajstić information content (AvgIpc) is 2.96. The van der Waals surface area contributed by atoms with Gasteiger partial charge in [0.1, 0.15) is 0 Å². The lowest BCUT2D eigenvalue weighted by molar-refractivity contribution is -0.122. The van der Waals surface area contributed by atoms with Crippen molar-refractivity contribution in [2.24, 2.45) is 0 Å². The Labute approximate surface area is 141 Å². The first-order chi connectivity index (χ1) is 11.0. The van der Waals surface area contributed by atoms with E-state index < -0.39 is 0 Å². The first kappa shape index (κ1) is 17.8. The zero-order valence-corrected chi connectivity index (χ0v) is 15.0. The van der Waals surface area contributed by atoms with Crippen molar-refractivity contribution < 1.29 is 9.53 Å². The highest BCUT2D eigenvalue weighted by Crippen LogP contribution is 2.26. The predicted molar refractivity (Wildman–Crippen MR) is 95.0 cm³/mol. The molecule has 2 atom stereocenters. The van der Waals surface area contributed by atoms with E-state index in [1.165, 1.54) is 4.70 Å². The Morgan fingerprint density at radius 3 is 2.83 bits per heavy atom. The molecule has 1 heterocycles. The van der Waals surface area contributed by atoms with Crippen molar-refractivity contribution in [3.05, 3.63) is 29.3 Å². The number of rotatable bonds is 8. The topological polar surface area (TPSA) is 54.5 Å². The van der Waals surface area contributed by atoms with Gasteiger partial charge in [-0.2, -0.15) is 0 Å². The molecular formula is C17H25N3O2S. The number of methoxy groups -OCH3 is 1. The van der Waals surface area contributed by atoms with Gasteiger partial charge in [-0.3, -0.25) is 9.69 Å². The van der Waals surface area contributed by atoms with Gasteiger partial charge >= 0.3 is 0 Å². The van der Waals surface area contributed by atoms with E-state index in [4.69, 9.17) is 4.74 Å². The summed E-state index contributed by atoms with van der Waals surface area (Å²) in [5.41, 5.74) is 1.03. The van der Waals surface area contributed by atoms with Crippen molar-refractivity contribution >= 4 is 27.5 Å². The van der Waals surface area contributed by atoms with Gasteiger partial charge in [-0.1, -0.05) is 19.1 Å². The summed E-state index contributed by atoms with van der Waals surface area (Å²) in [5.74, 6) is 0.237. The minimum atomic E-state index is 0.0309. The van der Waals surface area contributed by atoms with Crippen LogP contribution in [-0.4, -0.2) is 55.7 Å². The minimum Gasteiger partial charge on any atom is -0.383 e. The highest BCUT2D eigenvalue weighted by molar-refractivity contribution is 7.18. The number of hydrogen-bond donors (Lipinski definition) is 1. The lowest BCUT2D eigenvalue weighted by atomic mass is 10.2. The smallest absolute Gasteiger partial charge is 0.234 e. The molecule has 0 aliphatic carbocycles. The number of fused-ring (bicyclic) bond motifs is 1. The van der Waals surface area contributed by atoms with Crippen LogP contribution in [0.2, 0.25) is 0 Å². The number of ether oxygens (including phenoxy) is 1. The molecule has 126 valence electrons. The average molecular weight is 335 g/mol. The molecule has 0 fully saturated rings. The van der Waals surface area contributed by atoms with Gasteiger partial charge in [0.15, 0.2) is 0 Å². The fourth-order valence-electron chi connectivity index (χ4n) is 2.26. The quantitative estimate of drug-likeness (QED) is 0.805. The van der Waals surface area contributed by atoms with Crippen LogP contribution in [0.4, 0.5) is 0 Å². The molecule has 2 aromatic rings. The number of benzene rings is 1. The third-order valence-corrected chi connectivity index (χ3v) is 5.16. The van der Waals surface area contributed by atoms with Gasteiger partial charge in [0.2, 0.25) is 5.91 Å². The van der Waals surface area contributed by atoms with Crippen molar-refractivity contribution in [2.75, 3.05) is 33.9 Å².